The van der Waals surface area contributed by atoms with Gasteiger partial charge in [-0.25, -0.2) is 14.3 Å². The molecule has 14 nitrogen and oxygen atoms in total. The summed E-state index contributed by atoms with van der Waals surface area (Å²) in [5.41, 5.74) is -2.49. The first-order valence-corrected chi connectivity index (χ1v) is 14.2. The number of carbonyl (C=O) groups is 1. The highest BCUT2D eigenvalue weighted by atomic mass is 31.2. The number of H-pyrrole nitrogens is 1. The second-order valence-electron chi connectivity index (χ2n) is 10.0. The highest BCUT2D eigenvalue weighted by molar-refractivity contribution is 7.52. The molecule has 1 aliphatic heterocycles. The molecule has 0 bridgehead atoms. The van der Waals surface area contributed by atoms with Crippen LogP contribution in [0.3, 0.4) is 0 Å². The van der Waals surface area contributed by atoms with Gasteiger partial charge in [0.15, 0.2) is 5.75 Å². The molecule has 0 spiro atoms. The molecule has 3 heterocycles. The molecule has 2 aromatic heterocycles. The molecule has 1 saturated heterocycles. The van der Waals surface area contributed by atoms with Crippen molar-refractivity contribution in [3.63, 3.8) is 0 Å². The minimum Gasteiger partial charge on any atom is -0.462 e. The van der Waals surface area contributed by atoms with E-state index in [-0.39, 0.29) is 11.3 Å². The third kappa shape index (κ3) is 6.54. The second-order valence-corrected chi connectivity index (χ2v) is 11.7. The number of nitrogens with one attached hydrogen (secondary N) is 2. The highest BCUT2D eigenvalue weighted by Gasteiger charge is 2.55. The lowest BCUT2D eigenvalue weighted by Crippen LogP contribution is -2.43. The van der Waals surface area contributed by atoms with Crippen LogP contribution in [0.5, 0.6) is 5.75 Å². The Morgan fingerprint density at radius 3 is 2.68 bits per heavy atom. The van der Waals surface area contributed by atoms with Crippen LogP contribution in [0, 0.1) is 5.41 Å². The Hall–Kier alpha value is -3.49. The molecule has 1 aromatic carbocycles. The van der Waals surface area contributed by atoms with Gasteiger partial charge in [-0.05, 0) is 32.9 Å². The van der Waals surface area contributed by atoms with Crippen LogP contribution < -0.4 is 20.9 Å². The van der Waals surface area contributed by atoms with Crippen molar-refractivity contribution in [1.82, 2.24) is 24.6 Å². The van der Waals surface area contributed by atoms with E-state index >= 15 is 0 Å². The van der Waals surface area contributed by atoms with Crippen molar-refractivity contribution in [3.05, 3.63) is 63.7 Å². The van der Waals surface area contributed by atoms with Crippen molar-refractivity contribution in [1.29, 1.82) is 0 Å². The zero-order valence-corrected chi connectivity index (χ0v) is 23.6. The van der Waals surface area contributed by atoms with Crippen molar-refractivity contribution in [2.75, 3.05) is 13.3 Å². The smallest absolute Gasteiger partial charge is 0.459 e. The number of hydrogen-bond donors (Lipinski definition) is 3. The molecule has 0 aliphatic carbocycles. The number of benzene rings is 1. The molecule has 3 N–H and O–H groups in total. The van der Waals surface area contributed by atoms with E-state index < -0.39 is 74.2 Å². The quantitative estimate of drug-likeness (QED) is 0.216. The van der Waals surface area contributed by atoms with E-state index in [0.717, 1.165) is 16.8 Å². The average molecular weight is 596 g/mol. The maximum Gasteiger partial charge on any atom is 0.459 e. The first-order chi connectivity index (χ1) is 19.4. The Bertz CT molecular complexity index is 1560. The van der Waals surface area contributed by atoms with Gasteiger partial charge in [-0.1, -0.05) is 13.0 Å². The highest BCUT2D eigenvalue weighted by Crippen LogP contribution is 2.49. The fourth-order valence-corrected chi connectivity index (χ4v) is 5.80. The number of hydrogen-bond acceptors (Lipinski definition) is 11. The lowest BCUT2D eigenvalue weighted by atomic mass is 9.83. The monoisotopic (exact) mass is 595 g/mol. The van der Waals surface area contributed by atoms with Crippen LogP contribution in [0.1, 0.15) is 33.9 Å². The van der Waals surface area contributed by atoms with Gasteiger partial charge in [0.2, 0.25) is 0 Å². The number of halogens is 1. The van der Waals surface area contributed by atoms with Crippen LogP contribution in [0.15, 0.2) is 52.4 Å². The Morgan fingerprint density at radius 1 is 1.27 bits per heavy atom. The molecule has 222 valence electrons. The Morgan fingerprint density at radius 2 is 2.00 bits per heavy atom. The molecule has 0 saturated carbocycles. The zero-order chi connectivity index (χ0) is 29.9. The van der Waals surface area contributed by atoms with Crippen LogP contribution in [0.4, 0.5) is 4.39 Å². The standard InChI is InChI=1S/C25H31FN5O9P/c1-14(2)38-22(34)15(3)30-41(36,40-17-7-5-6-16-20(17)28-10-9-27-16)37-12-18-21(33)25(4,13-26)23(39-18)31-11-8-19(32)29-24(31)35/h5-11,14-15,18,21,23,33H,12-13H2,1-4H3,(H,30,36)(H,29,32,35)/t15-,18+,21+,23+,25+,41?/m0/s1. The molecule has 1 aliphatic rings. The number of aromatic nitrogens is 4. The van der Waals surface area contributed by atoms with E-state index in [1.165, 1.54) is 32.3 Å². The summed E-state index contributed by atoms with van der Waals surface area (Å²) in [5, 5.41) is 13.5. The van der Waals surface area contributed by atoms with Crippen molar-refractivity contribution in [3.8, 4) is 5.75 Å². The number of nitrogens with zero attached hydrogens (tertiary/aromatic N) is 3. The molecule has 16 heteroatoms. The van der Waals surface area contributed by atoms with Gasteiger partial charge in [0, 0.05) is 24.7 Å². The fourth-order valence-electron chi connectivity index (χ4n) is 4.29. The number of aliphatic hydroxyl groups is 1. The molecular formula is C25H31FN5O9P. The van der Waals surface area contributed by atoms with E-state index in [9.17, 15) is 28.4 Å². The third-order valence-electron chi connectivity index (χ3n) is 6.43. The maximum absolute atomic E-state index is 14.3. The molecule has 1 unspecified atom stereocenters. The van der Waals surface area contributed by atoms with E-state index in [0.29, 0.717) is 5.52 Å². The van der Waals surface area contributed by atoms with Crippen LogP contribution >= 0.6 is 7.75 Å². The molecule has 0 amide bonds. The zero-order valence-electron chi connectivity index (χ0n) is 22.7. The molecule has 1 fully saturated rings. The predicted octanol–water partition coefficient (Wildman–Crippen LogP) is 1.85. The molecule has 3 aromatic rings. The largest absolute Gasteiger partial charge is 0.462 e. The Balaban J connectivity index is 1.62. The predicted molar refractivity (Wildman–Crippen MR) is 143 cm³/mol. The maximum atomic E-state index is 14.3. The van der Waals surface area contributed by atoms with Gasteiger partial charge in [0.25, 0.3) is 5.56 Å². The SMILES string of the molecule is CC(C)OC(=O)[C@H](C)NP(=O)(OC[C@H]1O[C@@H](n2ccc(=O)[nH]c2=O)[C@](C)(CF)[C@@H]1O)Oc1cccc2nccnc12. The van der Waals surface area contributed by atoms with Gasteiger partial charge in [-0.3, -0.25) is 33.0 Å². The number of rotatable bonds is 11. The summed E-state index contributed by atoms with van der Waals surface area (Å²) in [6, 6.07) is 4.62. The van der Waals surface area contributed by atoms with Crippen molar-refractivity contribution < 1.29 is 37.4 Å². The number of aromatic amines is 1. The van der Waals surface area contributed by atoms with Gasteiger partial charge in [-0.2, -0.15) is 5.09 Å². The Labute approximate surface area is 233 Å². The first kappa shape index (κ1) is 30.5. The summed E-state index contributed by atoms with van der Waals surface area (Å²) in [5.74, 6) is -0.709. The van der Waals surface area contributed by atoms with Gasteiger partial charge in [0.05, 0.1) is 29.7 Å². The lowest BCUT2D eigenvalue weighted by molar-refractivity contribution is -0.149. The summed E-state index contributed by atoms with van der Waals surface area (Å²) in [4.78, 5) is 46.8. The lowest BCUT2D eigenvalue weighted by Gasteiger charge is -2.30. The minimum atomic E-state index is -4.46. The number of aliphatic hydroxyl groups excluding tert-OH is 1. The second kappa shape index (κ2) is 12.2. The summed E-state index contributed by atoms with van der Waals surface area (Å²) in [6.07, 6.45) is -0.641. The van der Waals surface area contributed by atoms with Crippen LogP contribution in [-0.2, 0) is 23.4 Å². The summed E-state index contributed by atoms with van der Waals surface area (Å²) >= 11 is 0. The van der Waals surface area contributed by atoms with E-state index in [4.69, 9.17) is 18.5 Å². The molecule has 4 rings (SSSR count). The third-order valence-corrected chi connectivity index (χ3v) is 8.06. The molecular weight excluding hydrogens is 564 g/mol. The number of ether oxygens (including phenoxy) is 2. The fraction of sp³-hybridized carbons (Fsp3) is 0.480. The minimum absolute atomic E-state index is 0.0232. The number of carbonyl (C=O) groups excluding carboxylic acids is 1. The molecule has 6 atom stereocenters. The summed E-state index contributed by atoms with van der Waals surface area (Å²) in [6.45, 7) is 4.32. The van der Waals surface area contributed by atoms with E-state index in [2.05, 4.69) is 20.0 Å². The van der Waals surface area contributed by atoms with Gasteiger partial charge < -0.3 is 19.1 Å². The van der Waals surface area contributed by atoms with E-state index in [1.807, 2.05) is 0 Å². The average Bonchev–Trinajstić information content (AvgIpc) is 3.17. The number of para-hydroxylation sites is 1. The number of fused-ring (bicyclic) bond motifs is 1. The van der Waals surface area contributed by atoms with Gasteiger partial charge in [0.1, 0.15) is 30.6 Å². The van der Waals surface area contributed by atoms with Crippen LogP contribution in [0.2, 0.25) is 0 Å². The van der Waals surface area contributed by atoms with Gasteiger partial charge >= 0.3 is 19.4 Å². The summed E-state index contributed by atoms with van der Waals surface area (Å²) < 4.78 is 51.7. The van der Waals surface area contributed by atoms with Crippen LogP contribution in [0.25, 0.3) is 11.0 Å². The van der Waals surface area contributed by atoms with Crippen molar-refractivity contribution >= 4 is 24.7 Å². The van der Waals surface area contributed by atoms with Crippen LogP contribution in [-0.4, -0.2) is 68.2 Å². The normalized spacial score (nSPS) is 24.7. The molecule has 41 heavy (non-hydrogen) atoms. The Kier molecular flexibility index (Phi) is 9.04. The van der Waals surface area contributed by atoms with E-state index in [1.54, 1.807) is 26.0 Å². The van der Waals surface area contributed by atoms with Gasteiger partial charge in [-0.15, -0.1) is 0 Å². The summed E-state index contributed by atoms with van der Waals surface area (Å²) in [7, 11) is -4.46. The number of esters is 1. The van der Waals surface area contributed by atoms with Crippen molar-refractivity contribution in [2.45, 2.75) is 58.3 Å². The molecule has 0 radical (unpaired) electrons. The first-order valence-electron chi connectivity index (χ1n) is 12.7. The van der Waals surface area contributed by atoms with Crippen molar-refractivity contribution in [2.24, 2.45) is 5.41 Å². The topological polar surface area (TPSA) is 184 Å². The number of alkyl halides is 1.